The highest BCUT2D eigenvalue weighted by atomic mass is 19.3. The molecule has 0 spiro atoms. The predicted molar refractivity (Wildman–Crippen MR) is 50.8 cm³/mol. The highest BCUT2D eigenvalue weighted by Gasteiger charge is 2.48. The van der Waals surface area contributed by atoms with Gasteiger partial charge in [-0.05, 0) is 30.2 Å². The van der Waals surface area contributed by atoms with E-state index in [-0.39, 0.29) is 11.1 Å². The summed E-state index contributed by atoms with van der Waals surface area (Å²) in [5.74, 6) is -7.12. The lowest BCUT2D eigenvalue weighted by Crippen LogP contribution is -2.37. The molecule has 0 fully saturated rings. The lowest BCUT2D eigenvalue weighted by atomic mass is 10.0. The van der Waals surface area contributed by atoms with Crippen molar-refractivity contribution in [3.05, 3.63) is 35.1 Å². The van der Waals surface area contributed by atoms with Gasteiger partial charge in [-0.15, -0.1) is 0 Å². The van der Waals surface area contributed by atoms with Crippen molar-refractivity contribution in [3.63, 3.8) is 0 Å². The van der Waals surface area contributed by atoms with Crippen LogP contribution in [0.2, 0.25) is 0 Å². The van der Waals surface area contributed by atoms with Crippen LogP contribution in [-0.4, -0.2) is 18.1 Å². The maximum Gasteiger partial charge on any atom is 0.364 e. The Bertz CT molecular complexity index is 428. The van der Waals surface area contributed by atoms with Crippen LogP contribution in [0.3, 0.4) is 0 Å². The fraction of sp³-hybridized carbons (Fsp3) is 0.364. The van der Waals surface area contributed by atoms with Gasteiger partial charge in [0.1, 0.15) is 5.82 Å². The maximum atomic E-state index is 12.7. The maximum absolute atomic E-state index is 12.7. The Hall–Kier alpha value is -1.46. The molecule has 1 aromatic carbocycles. The molecule has 0 aromatic heterocycles. The average Bonchev–Trinajstić information content (AvgIpc) is 2.21. The normalized spacial score (nSPS) is 11.9. The fourth-order valence-electron chi connectivity index (χ4n) is 1.27. The largest absolute Gasteiger partial charge is 0.364 e. The summed E-state index contributed by atoms with van der Waals surface area (Å²) < 4.78 is 61.8. The molecule has 0 aliphatic carbocycles. The van der Waals surface area contributed by atoms with Gasteiger partial charge in [0.25, 0.3) is 0 Å². The summed E-state index contributed by atoms with van der Waals surface area (Å²) in [6.45, 7) is 1.41. The van der Waals surface area contributed by atoms with Gasteiger partial charge in [-0.1, -0.05) is 6.07 Å². The van der Waals surface area contributed by atoms with Crippen molar-refractivity contribution in [2.45, 2.75) is 25.7 Å². The molecule has 1 rings (SSSR count). The fourth-order valence-corrected chi connectivity index (χ4v) is 1.27. The van der Waals surface area contributed by atoms with Crippen LogP contribution < -0.4 is 0 Å². The van der Waals surface area contributed by atoms with Crippen LogP contribution in [0.1, 0.15) is 11.1 Å². The minimum atomic E-state index is -4.67. The van der Waals surface area contributed by atoms with Crippen molar-refractivity contribution in [1.82, 2.24) is 0 Å². The Morgan fingerprint density at radius 1 is 1.35 bits per heavy atom. The summed E-state index contributed by atoms with van der Waals surface area (Å²) >= 11 is 0. The Morgan fingerprint density at radius 3 is 2.41 bits per heavy atom. The van der Waals surface area contributed by atoms with Gasteiger partial charge >= 0.3 is 12.3 Å². The zero-order valence-corrected chi connectivity index (χ0v) is 8.81. The van der Waals surface area contributed by atoms with Gasteiger partial charge < -0.3 is 0 Å². The van der Waals surface area contributed by atoms with Crippen LogP contribution in [-0.2, 0) is 11.2 Å². The first-order valence-corrected chi connectivity index (χ1v) is 4.69. The molecule has 0 saturated heterocycles. The van der Waals surface area contributed by atoms with Crippen LogP contribution >= 0.6 is 0 Å². The van der Waals surface area contributed by atoms with Crippen LogP contribution in [0.25, 0.3) is 0 Å². The van der Waals surface area contributed by atoms with E-state index in [0.29, 0.717) is 0 Å². The second-order valence-electron chi connectivity index (χ2n) is 3.59. The first-order valence-electron chi connectivity index (χ1n) is 4.69. The second-order valence-corrected chi connectivity index (χ2v) is 3.59. The van der Waals surface area contributed by atoms with E-state index in [1.54, 1.807) is 0 Å². The molecule has 0 unspecified atom stereocenters. The van der Waals surface area contributed by atoms with E-state index in [9.17, 15) is 26.7 Å². The number of benzene rings is 1. The average molecular weight is 252 g/mol. The molecule has 0 amide bonds. The molecular weight excluding hydrogens is 243 g/mol. The monoisotopic (exact) mass is 252 g/mol. The minimum absolute atomic E-state index is 0.108. The van der Waals surface area contributed by atoms with E-state index in [2.05, 4.69) is 0 Å². The summed E-state index contributed by atoms with van der Waals surface area (Å²) in [4.78, 5) is 11.0. The molecule has 0 saturated carbocycles. The summed E-state index contributed by atoms with van der Waals surface area (Å²) in [6.07, 6.45) is -4.88. The van der Waals surface area contributed by atoms with Gasteiger partial charge in [-0.25, -0.2) is 13.2 Å². The van der Waals surface area contributed by atoms with Gasteiger partial charge in [0.15, 0.2) is 0 Å². The van der Waals surface area contributed by atoms with Crippen molar-refractivity contribution >= 4 is 5.78 Å². The van der Waals surface area contributed by atoms with Crippen molar-refractivity contribution in [1.29, 1.82) is 0 Å². The van der Waals surface area contributed by atoms with E-state index < -0.39 is 30.4 Å². The number of Topliss-reactive ketones (excluding diaryl/α,β-unsaturated/α-hetero) is 1. The van der Waals surface area contributed by atoms with Crippen molar-refractivity contribution < 1.29 is 26.7 Å². The summed E-state index contributed by atoms with van der Waals surface area (Å²) in [5.41, 5.74) is 0.375. The first kappa shape index (κ1) is 13.6. The smallest absolute Gasteiger partial charge is 0.292 e. The number of ketones is 1. The molecule has 17 heavy (non-hydrogen) atoms. The third-order valence-corrected chi connectivity index (χ3v) is 2.30. The third kappa shape index (κ3) is 3.01. The van der Waals surface area contributed by atoms with Gasteiger partial charge in [0.2, 0.25) is 5.78 Å². The SMILES string of the molecule is Cc1cc(F)ccc1CC(=O)C(F)(F)C(F)F. The molecule has 0 aliphatic heterocycles. The van der Waals surface area contributed by atoms with E-state index >= 15 is 0 Å². The number of hydrogen-bond acceptors (Lipinski definition) is 1. The Kier molecular flexibility index (Phi) is 3.85. The molecule has 0 bridgehead atoms. The minimum Gasteiger partial charge on any atom is -0.292 e. The number of alkyl halides is 4. The summed E-state index contributed by atoms with van der Waals surface area (Å²) in [7, 11) is 0. The standard InChI is InChI=1S/C11H9F5O/c1-6-4-8(12)3-2-7(6)5-9(17)11(15,16)10(13)14/h2-4,10H,5H2,1H3. The van der Waals surface area contributed by atoms with Crippen molar-refractivity contribution in [2.75, 3.05) is 0 Å². The van der Waals surface area contributed by atoms with E-state index in [0.717, 1.165) is 18.2 Å². The highest BCUT2D eigenvalue weighted by Crippen LogP contribution is 2.26. The molecular formula is C11H9F5O. The molecule has 1 aromatic rings. The number of carbonyl (C=O) groups excluding carboxylic acids is 1. The zero-order chi connectivity index (χ0) is 13.2. The Morgan fingerprint density at radius 2 is 1.94 bits per heavy atom. The van der Waals surface area contributed by atoms with Crippen LogP contribution in [0.15, 0.2) is 18.2 Å². The quantitative estimate of drug-likeness (QED) is 0.752. The molecule has 1 nitrogen and oxygen atoms in total. The molecule has 94 valence electrons. The lowest BCUT2D eigenvalue weighted by Gasteiger charge is -2.14. The van der Waals surface area contributed by atoms with Crippen LogP contribution in [0.4, 0.5) is 22.0 Å². The van der Waals surface area contributed by atoms with E-state index in [4.69, 9.17) is 0 Å². The van der Waals surface area contributed by atoms with Crippen LogP contribution in [0, 0.1) is 12.7 Å². The van der Waals surface area contributed by atoms with Gasteiger partial charge in [0.05, 0.1) is 0 Å². The van der Waals surface area contributed by atoms with Gasteiger partial charge in [-0.2, -0.15) is 8.78 Å². The van der Waals surface area contributed by atoms with E-state index in [1.807, 2.05) is 0 Å². The summed E-state index contributed by atoms with van der Waals surface area (Å²) in [5, 5.41) is 0. The topological polar surface area (TPSA) is 17.1 Å². The van der Waals surface area contributed by atoms with Gasteiger partial charge in [-0.3, -0.25) is 4.79 Å². The Balaban J connectivity index is 2.89. The van der Waals surface area contributed by atoms with Crippen molar-refractivity contribution in [3.8, 4) is 0 Å². The number of carbonyl (C=O) groups is 1. The molecule has 0 aliphatic rings. The molecule has 0 radical (unpaired) electrons. The second kappa shape index (κ2) is 4.81. The number of halogens is 5. The molecule has 0 N–H and O–H groups in total. The van der Waals surface area contributed by atoms with Crippen molar-refractivity contribution in [2.24, 2.45) is 0 Å². The molecule has 0 atom stereocenters. The number of rotatable bonds is 4. The predicted octanol–water partition coefficient (Wildman–Crippen LogP) is 3.15. The van der Waals surface area contributed by atoms with Crippen LogP contribution in [0.5, 0.6) is 0 Å². The molecule has 0 heterocycles. The first-order chi connectivity index (χ1) is 7.75. The number of hydrogen-bond donors (Lipinski definition) is 0. The number of aryl methyl sites for hydroxylation is 1. The Labute approximate surface area is 94.2 Å². The lowest BCUT2D eigenvalue weighted by molar-refractivity contribution is -0.166. The summed E-state index contributed by atoms with van der Waals surface area (Å²) in [6, 6.07) is 3.16. The zero-order valence-electron chi connectivity index (χ0n) is 8.81. The molecule has 6 heteroatoms. The van der Waals surface area contributed by atoms with Gasteiger partial charge in [0, 0.05) is 6.42 Å². The van der Waals surface area contributed by atoms with E-state index in [1.165, 1.54) is 6.92 Å². The third-order valence-electron chi connectivity index (χ3n) is 2.30. The highest BCUT2D eigenvalue weighted by molar-refractivity contribution is 5.88.